The van der Waals surface area contributed by atoms with Gasteiger partial charge in [-0.05, 0) is 26.0 Å². The molecule has 0 radical (unpaired) electrons. The smallest absolute Gasteiger partial charge is 0.374 e. The van der Waals surface area contributed by atoms with Gasteiger partial charge in [0.15, 0.2) is 5.43 Å². The number of ether oxygens (including phenoxy) is 1. The van der Waals surface area contributed by atoms with E-state index in [4.69, 9.17) is 9.15 Å². The van der Waals surface area contributed by atoms with Gasteiger partial charge in [0.05, 0.1) is 12.0 Å². The number of rotatable bonds is 2. The summed E-state index contributed by atoms with van der Waals surface area (Å²) in [6.45, 7) is 7.46. The Labute approximate surface area is 116 Å². The second-order valence-electron chi connectivity index (χ2n) is 3.78. The van der Waals surface area contributed by atoms with Crippen molar-refractivity contribution in [3.63, 3.8) is 0 Å². The Morgan fingerprint density at radius 1 is 1.35 bits per heavy atom. The van der Waals surface area contributed by atoms with Crippen molar-refractivity contribution in [3.05, 3.63) is 39.7 Å². The fraction of sp³-hybridized carbons (Fsp3) is 0.333. The van der Waals surface area contributed by atoms with Crippen molar-refractivity contribution in [2.75, 3.05) is 6.61 Å². The highest BCUT2D eigenvalue weighted by atomic mass is 16.5. The molecule has 2 aromatic rings. The van der Waals surface area contributed by atoms with Crippen LogP contribution in [-0.2, 0) is 4.74 Å². The molecule has 1 aromatic carbocycles. The van der Waals surface area contributed by atoms with E-state index in [1.807, 2.05) is 13.8 Å². The summed E-state index contributed by atoms with van der Waals surface area (Å²) in [5.41, 5.74) is 0.267. The fourth-order valence-corrected chi connectivity index (χ4v) is 1.65. The fourth-order valence-electron chi connectivity index (χ4n) is 1.65. The molecule has 0 saturated carbocycles. The molecule has 1 heterocycles. The van der Waals surface area contributed by atoms with Crippen molar-refractivity contribution in [2.24, 2.45) is 0 Å². The summed E-state index contributed by atoms with van der Waals surface area (Å²) >= 11 is 0. The summed E-state index contributed by atoms with van der Waals surface area (Å²) in [6, 6.07) is 3.97. The van der Waals surface area contributed by atoms with Gasteiger partial charge in [0.25, 0.3) is 0 Å². The number of carbonyl (C=O) groups excluding carboxylic acids is 1. The van der Waals surface area contributed by atoms with Crippen molar-refractivity contribution in [2.45, 2.75) is 27.7 Å². The van der Waals surface area contributed by atoms with E-state index >= 15 is 0 Å². The third-order valence-electron chi connectivity index (χ3n) is 2.59. The van der Waals surface area contributed by atoms with Gasteiger partial charge in [-0.3, -0.25) is 4.79 Å². The minimum absolute atomic E-state index is 0.00617. The van der Waals surface area contributed by atoms with Crippen LogP contribution in [0.2, 0.25) is 0 Å². The van der Waals surface area contributed by atoms with Gasteiger partial charge in [-0.1, -0.05) is 13.8 Å². The second kappa shape index (κ2) is 6.75. The van der Waals surface area contributed by atoms with Gasteiger partial charge < -0.3 is 14.3 Å². The van der Waals surface area contributed by atoms with Crippen LogP contribution >= 0.6 is 0 Å². The molecule has 0 unspecified atom stereocenters. The number of aryl methyl sites for hydroxylation is 1. The Morgan fingerprint density at radius 2 is 2.00 bits per heavy atom. The summed E-state index contributed by atoms with van der Waals surface area (Å²) in [6.07, 6.45) is 0. The average Bonchev–Trinajstić information content (AvgIpc) is 2.45. The highest BCUT2D eigenvalue weighted by Crippen LogP contribution is 2.25. The molecule has 0 atom stereocenters. The molecule has 5 heteroatoms. The first-order valence-electron chi connectivity index (χ1n) is 6.48. The van der Waals surface area contributed by atoms with Crippen LogP contribution in [0.4, 0.5) is 0 Å². The summed E-state index contributed by atoms with van der Waals surface area (Å²) in [5.74, 6) is -0.853. The second-order valence-corrected chi connectivity index (χ2v) is 3.78. The Hall–Kier alpha value is -2.30. The SMILES string of the molecule is CC.CCOC(=O)c1cc(=O)c2ccc(O)c(C)c2o1. The zero-order chi connectivity index (χ0) is 15.3. The largest absolute Gasteiger partial charge is 0.508 e. The maximum absolute atomic E-state index is 11.8. The number of hydrogen-bond acceptors (Lipinski definition) is 5. The number of benzene rings is 1. The Balaban J connectivity index is 0.000000956. The van der Waals surface area contributed by atoms with Crippen LogP contribution in [0.3, 0.4) is 0 Å². The average molecular weight is 278 g/mol. The van der Waals surface area contributed by atoms with E-state index in [1.165, 1.54) is 12.1 Å². The van der Waals surface area contributed by atoms with Gasteiger partial charge in [0.1, 0.15) is 11.3 Å². The van der Waals surface area contributed by atoms with E-state index in [0.29, 0.717) is 10.9 Å². The number of phenols is 1. The molecule has 0 aliphatic carbocycles. The lowest BCUT2D eigenvalue weighted by Crippen LogP contribution is -2.10. The molecule has 0 saturated heterocycles. The molecule has 5 nitrogen and oxygen atoms in total. The molecule has 108 valence electrons. The molecule has 0 spiro atoms. The van der Waals surface area contributed by atoms with E-state index in [1.54, 1.807) is 13.8 Å². The summed E-state index contributed by atoms with van der Waals surface area (Å²) in [5, 5.41) is 9.88. The Morgan fingerprint density at radius 3 is 2.60 bits per heavy atom. The van der Waals surface area contributed by atoms with Gasteiger partial charge in [-0.2, -0.15) is 0 Å². The molecule has 1 N–H and O–H groups in total. The van der Waals surface area contributed by atoms with Crippen molar-refractivity contribution in [3.8, 4) is 5.75 Å². The lowest BCUT2D eigenvalue weighted by molar-refractivity contribution is 0.0490. The number of carbonyl (C=O) groups is 1. The van der Waals surface area contributed by atoms with Crippen molar-refractivity contribution in [1.82, 2.24) is 0 Å². The Bertz CT molecular complexity index is 670. The minimum atomic E-state index is -0.695. The maximum Gasteiger partial charge on any atom is 0.374 e. The molecule has 0 amide bonds. The van der Waals surface area contributed by atoms with Gasteiger partial charge in [-0.25, -0.2) is 4.79 Å². The summed E-state index contributed by atoms with van der Waals surface area (Å²) in [7, 11) is 0. The van der Waals surface area contributed by atoms with Gasteiger partial charge in [0, 0.05) is 11.6 Å². The highest BCUT2D eigenvalue weighted by molar-refractivity contribution is 5.90. The van der Waals surface area contributed by atoms with Crippen LogP contribution in [0.1, 0.15) is 36.9 Å². The van der Waals surface area contributed by atoms with Crippen LogP contribution in [0.25, 0.3) is 11.0 Å². The first kappa shape index (κ1) is 15.8. The number of hydrogen-bond donors (Lipinski definition) is 1. The summed E-state index contributed by atoms with van der Waals surface area (Å²) < 4.78 is 10.1. The minimum Gasteiger partial charge on any atom is -0.508 e. The summed E-state index contributed by atoms with van der Waals surface area (Å²) in [4.78, 5) is 23.3. The van der Waals surface area contributed by atoms with Gasteiger partial charge in [0.2, 0.25) is 5.76 Å². The number of phenolic OH excluding ortho intramolecular Hbond substituents is 1. The topological polar surface area (TPSA) is 76.7 Å². The molecule has 0 aliphatic heterocycles. The normalized spacial score (nSPS) is 9.80. The number of aromatic hydroxyl groups is 1. The molecule has 1 aromatic heterocycles. The molecule has 0 bridgehead atoms. The van der Waals surface area contributed by atoms with E-state index in [-0.39, 0.29) is 29.1 Å². The van der Waals surface area contributed by atoms with Crippen molar-refractivity contribution >= 4 is 16.9 Å². The maximum atomic E-state index is 11.8. The molecule has 2 rings (SSSR count). The van der Waals surface area contributed by atoms with Crippen molar-refractivity contribution < 1.29 is 19.1 Å². The monoisotopic (exact) mass is 278 g/mol. The van der Waals surface area contributed by atoms with Crippen LogP contribution in [0.15, 0.2) is 27.4 Å². The lowest BCUT2D eigenvalue weighted by Gasteiger charge is -2.05. The van der Waals surface area contributed by atoms with E-state index in [0.717, 1.165) is 6.07 Å². The lowest BCUT2D eigenvalue weighted by atomic mass is 10.1. The third-order valence-corrected chi connectivity index (χ3v) is 2.59. The van der Waals surface area contributed by atoms with Crippen LogP contribution in [0.5, 0.6) is 5.75 Å². The molecule has 0 fully saturated rings. The van der Waals surface area contributed by atoms with Gasteiger partial charge >= 0.3 is 5.97 Å². The van der Waals surface area contributed by atoms with Gasteiger partial charge in [-0.15, -0.1) is 0 Å². The zero-order valence-corrected chi connectivity index (χ0v) is 12.0. The number of fused-ring (bicyclic) bond motifs is 1. The Kier molecular flexibility index (Phi) is 5.32. The number of esters is 1. The van der Waals surface area contributed by atoms with Crippen LogP contribution in [-0.4, -0.2) is 17.7 Å². The quantitative estimate of drug-likeness (QED) is 0.854. The molecular formula is C15H18O5. The van der Waals surface area contributed by atoms with E-state index < -0.39 is 5.97 Å². The predicted octanol–water partition coefficient (Wildman–Crippen LogP) is 3.01. The van der Waals surface area contributed by atoms with Crippen molar-refractivity contribution in [1.29, 1.82) is 0 Å². The predicted molar refractivity (Wildman–Crippen MR) is 76.2 cm³/mol. The highest BCUT2D eigenvalue weighted by Gasteiger charge is 2.15. The molecule has 0 aliphatic rings. The van der Waals surface area contributed by atoms with Crippen LogP contribution in [0, 0.1) is 6.92 Å². The first-order chi connectivity index (χ1) is 9.54. The first-order valence-corrected chi connectivity index (χ1v) is 6.48. The third kappa shape index (κ3) is 2.99. The van der Waals surface area contributed by atoms with E-state index in [2.05, 4.69) is 0 Å². The molecular weight excluding hydrogens is 260 g/mol. The molecule has 20 heavy (non-hydrogen) atoms. The van der Waals surface area contributed by atoms with Crippen LogP contribution < -0.4 is 5.43 Å². The zero-order valence-electron chi connectivity index (χ0n) is 12.0. The van der Waals surface area contributed by atoms with E-state index in [9.17, 15) is 14.7 Å². The standard InChI is InChI=1S/C13H12O5.C2H6/c1-3-17-13(16)11-6-10(15)8-4-5-9(14)7(2)12(8)18-11;1-2/h4-6,14H,3H2,1-2H3;1-2H3.